The number of fused-ring (bicyclic) bond motifs is 1. The van der Waals surface area contributed by atoms with Crippen LogP contribution >= 0.6 is 0 Å². The smallest absolute Gasteiger partial charge is 0.407 e. The first-order valence-electron chi connectivity index (χ1n) is 10.2. The fraction of sp³-hybridized carbons (Fsp3) is 0.500. The second kappa shape index (κ2) is 7.54. The highest BCUT2D eigenvalue weighted by atomic mass is 16.6. The second-order valence-electron chi connectivity index (χ2n) is 8.87. The average molecular weight is 396 g/mol. The number of anilines is 1. The number of ether oxygens (including phenoxy) is 1. The van der Waals surface area contributed by atoms with E-state index in [2.05, 4.69) is 15.5 Å². The Morgan fingerprint density at radius 1 is 1.10 bits per heavy atom. The first-order chi connectivity index (χ1) is 13.8. The van der Waals surface area contributed by atoms with Gasteiger partial charge in [0.1, 0.15) is 11.4 Å². The molecule has 29 heavy (non-hydrogen) atoms. The van der Waals surface area contributed by atoms with Gasteiger partial charge in [-0.2, -0.15) is 0 Å². The van der Waals surface area contributed by atoms with Gasteiger partial charge < -0.3 is 20.3 Å². The zero-order valence-corrected chi connectivity index (χ0v) is 17.2. The zero-order chi connectivity index (χ0) is 20.6. The Morgan fingerprint density at radius 2 is 1.86 bits per heavy atom. The molecule has 2 N–H and O–H groups in total. The summed E-state index contributed by atoms with van der Waals surface area (Å²) in [6.07, 6.45) is 2.50. The second-order valence-corrected chi connectivity index (χ2v) is 8.87. The number of hydrogen-bond acceptors (Lipinski definition) is 5. The molecule has 1 aliphatic heterocycles. The number of benzene rings is 1. The summed E-state index contributed by atoms with van der Waals surface area (Å²) < 4.78 is 5.35. The Bertz CT molecular complexity index is 933. The number of pyridine rings is 1. The van der Waals surface area contributed by atoms with Crippen molar-refractivity contribution < 1.29 is 14.3 Å². The lowest BCUT2D eigenvalue weighted by atomic mass is 10.1. The van der Waals surface area contributed by atoms with Crippen molar-refractivity contribution in [3.63, 3.8) is 0 Å². The topological polar surface area (TPSA) is 83.6 Å². The number of hydrogen-bond donors (Lipinski definition) is 2. The molecule has 1 unspecified atom stereocenters. The standard InChI is InChI=1S/C22H28N4O3/c1-22(2,3)29-21(28)24-15-10-11-26(13-15)19-12-17(20(27)23-14-8-9-14)16-6-4-5-7-18(16)25-19/h4-7,12,14-15H,8-11,13H2,1-3H3,(H,23,27)(H,24,28). The van der Waals surface area contributed by atoms with E-state index in [0.29, 0.717) is 18.2 Å². The van der Waals surface area contributed by atoms with Crippen LogP contribution in [-0.4, -0.2) is 47.8 Å². The minimum absolute atomic E-state index is 0.0122. The Balaban J connectivity index is 1.52. The maximum absolute atomic E-state index is 12.8. The summed E-state index contributed by atoms with van der Waals surface area (Å²) in [5.74, 6) is 0.716. The monoisotopic (exact) mass is 396 g/mol. The van der Waals surface area contributed by atoms with Crippen molar-refractivity contribution in [2.45, 2.75) is 57.7 Å². The van der Waals surface area contributed by atoms with E-state index < -0.39 is 11.7 Å². The van der Waals surface area contributed by atoms with E-state index in [4.69, 9.17) is 9.72 Å². The van der Waals surface area contributed by atoms with E-state index in [0.717, 1.165) is 42.5 Å². The molecule has 0 radical (unpaired) electrons. The van der Waals surface area contributed by atoms with E-state index in [-0.39, 0.29) is 11.9 Å². The van der Waals surface area contributed by atoms with Crippen LogP contribution in [0.25, 0.3) is 10.9 Å². The lowest BCUT2D eigenvalue weighted by Gasteiger charge is -2.22. The van der Waals surface area contributed by atoms with Gasteiger partial charge in [0.15, 0.2) is 0 Å². The highest BCUT2D eigenvalue weighted by Crippen LogP contribution is 2.27. The summed E-state index contributed by atoms with van der Waals surface area (Å²) in [6, 6.07) is 9.88. The fourth-order valence-corrected chi connectivity index (χ4v) is 3.56. The van der Waals surface area contributed by atoms with Crippen molar-refractivity contribution in [1.29, 1.82) is 0 Å². The van der Waals surface area contributed by atoms with Gasteiger partial charge in [-0.15, -0.1) is 0 Å². The zero-order valence-electron chi connectivity index (χ0n) is 17.2. The first-order valence-corrected chi connectivity index (χ1v) is 10.2. The number of alkyl carbamates (subject to hydrolysis) is 1. The van der Waals surface area contributed by atoms with Crippen LogP contribution in [0.3, 0.4) is 0 Å². The molecule has 1 aromatic heterocycles. The van der Waals surface area contributed by atoms with E-state index >= 15 is 0 Å². The van der Waals surface area contributed by atoms with Gasteiger partial charge in [0.2, 0.25) is 0 Å². The molecular formula is C22H28N4O3. The Kier molecular flexibility index (Phi) is 5.06. The number of para-hydroxylation sites is 1. The molecule has 7 nitrogen and oxygen atoms in total. The van der Waals surface area contributed by atoms with E-state index in [1.54, 1.807) is 0 Å². The quantitative estimate of drug-likeness (QED) is 0.829. The number of aromatic nitrogens is 1. The number of nitrogens with zero attached hydrogens (tertiary/aromatic N) is 2. The molecule has 1 saturated heterocycles. The van der Waals surface area contributed by atoms with Gasteiger partial charge in [0.05, 0.1) is 17.1 Å². The van der Waals surface area contributed by atoms with Crippen LogP contribution in [0.1, 0.15) is 50.4 Å². The van der Waals surface area contributed by atoms with Crippen LogP contribution in [0, 0.1) is 0 Å². The van der Waals surface area contributed by atoms with Gasteiger partial charge in [-0.05, 0) is 52.2 Å². The minimum atomic E-state index is -0.522. The van der Waals surface area contributed by atoms with Crippen LogP contribution in [0.5, 0.6) is 0 Å². The molecule has 2 aliphatic rings. The lowest BCUT2D eigenvalue weighted by molar-refractivity contribution is 0.0509. The summed E-state index contributed by atoms with van der Waals surface area (Å²) in [4.78, 5) is 31.7. The summed E-state index contributed by atoms with van der Waals surface area (Å²) in [7, 11) is 0. The highest BCUT2D eigenvalue weighted by molar-refractivity contribution is 6.07. The summed E-state index contributed by atoms with van der Waals surface area (Å²) >= 11 is 0. The molecule has 2 aromatic rings. The predicted octanol–water partition coefficient (Wildman–Crippen LogP) is 3.23. The van der Waals surface area contributed by atoms with Crippen molar-refractivity contribution in [3.05, 3.63) is 35.9 Å². The normalized spacial score (nSPS) is 19.3. The molecule has 2 amide bonds. The third kappa shape index (κ3) is 4.78. The van der Waals surface area contributed by atoms with Gasteiger partial charge in [-0.25, -0.2) is 9.78 Å². The number of amides is 2. The maximum atomic E-state index is 12.8. The van der Waals surface area contributed by atoms with Crippen molar-refractivity contribution in [2.75, 3.05) is 18.0 Å². The molecule has 0 spiro atoms. The van der Waals surface area contributed by atoms with Crippen molar-refractivity contribution in [3.8, 4) is 0 Å². The third-order valence-electron chi connectivity index (χ3n) is 5.09. The van der Waals surface area contributed by atoms with E-state index in [1.165, 1.54) is 0 Å². The minimum Gasteiger partial charge on any atom is -0.444 e. The molecule has 1 aromatic carbocycles. The Morgan fingerprint density at radius 3 is 2.59 bits per heavy atom. The van der Waals surface area contributed by atoms with Crippen LogP contribution in [0.15, 0.2) is 30.3 Å². The fourth-order valence-electron chi connectivity index (χ4n) is 3.56. The highest BCUT2D eigenvalue weighted by Gasteiger charge is 2.29. The molecule has 2 heterocycles. The number of rotatable bonds is 4. The van der Waals surface area contributed by atoms with Gasteiger partial charge in [-0.3, -0.25) is 4.79 Å². The van der Waals surface area contributed by atoms with Gasteiger partial charge in [-0.1, -0.05) is 18.2 Å². The predicted molar refractivity (Wildman–Crippen MR) is 112 cm³/mol. The van der Waals surface area contributed by atoms with Gasteiger partial charge in [0.25, 0.3) is 5.91 Å². The average Bonchev–Trinajstić information content (AvgIpc) is 3.34. The molecule has 2 fully saturated rings. The molecule has 0 bridgehead atoms. The van der Waals surface area contributed by atoms with Crippen LogP contribution in [0.4, 0.5) is 10.6 Å². The molecule has 1 atom stereocenters. The Hall–Kier alpha value is -2.83. The van der Waals surface area contributed by atoms with Crippen LogP contribution in [0.2, 0.25) is 0 Å². The molecule has 1 aliphatic carbocycles. The van der Waals surface area contributed by atoms with Crippen molar-refractivity contribution in [1.82, 2.24) is 15.6 Å². The van der Waals surface area contributed by atoms with Crippen molar-refractivity contribution >= 4 is 28.7 Å². The van der Waals surface area contributed by atoms with Crippen LogP contribution in [-0.2, 0) is 4.74 Å². The molecular weight excluding hydrogens is 368 g/mol. The lowest BCUT2D eigenvalue weighted by Crippen LogP contribution is -2.40. The largest absolute Gasteiger partial charge is 0.444 e. The van der Waals surface area contributed by atoms with E-state index in [1.807, 2.05) is 51.1 Å². The number of nitrogens with one attached hydrogen (secondary N) is 2. The molecule has 4 rings (SSSR count). The third-order valence-corrected chi connectivity index (χ3v) is 5.09. The van der Waals surface area contributed by atoms with Gasteiger partial charge in [0, 0.05) is 24.5 Å². The molecule has 154 valence electrons. The Labute approximate surface area is 170 Å². The number of carbonyl (C=O) groups excluding carboxylic acids is 2. The van der Waals surface area contributed by atoms with Gasteiger partial charge >= 0.3 is 6.09 Å². The maximum Gasteiger partial charge on any atom is 0.407 e. The summed E-state index contributed by atoms with van der Waals surface area (Å²) in [5, 5.41) is 6.87. The number of carbonyl (C=O) groups is 2. The SMILES string of the molecule is CC(C)(C)OC(=O)NC1CCN(c2cc(C(=O)NC3CC3)c3ccccc3n2)C1. The van der Waals surface area contributed by atoms with Crippen molar-refractivity contribution in [2.24, 2.45) is 0 Å². The first kappa shape index (κ1) is 19.5. The molecule has 7 heteroatoms. The van der Waals surface area contributed by atoms with E-state index in [9.17, 15) is 9.59 Å². The molecule has 1 saturated carbocycles. The summed E-state index contributed by atoms with van der Waals surface area (Å²) in [6.45, 7) is 6.94. The summed E-state index contributed by atoms with van der Waals surface area (Å²) in [5.41, 5.74) is 0.932. The van der Waals surface area contributed by atoms with Crippen LogP contribution < -0.4 is 15.5 Å².